The molecule has 0 atom stereocenters. The Bertz CT molecular complexity index is 1160. The fourth-order valence-electron chi connectivity index (χ4n) is 3.53. The Kier molecular flexibility index (Phi) is 7.46. The normalized spacial score (nSPS) is 13.1. The highest BCUT2D eigenvalue weighted by molar-refractivity contribution is 6.00. The topological polar surface area (TPSA) is 131 Å². The highest BCUT2D eigenvalue weighted by Gasteiger charge is 2.31. The lowest BCUT2D eigenvalue weighted by molar-refractivity contribution is -0.384. The third kappa shape index (κ3) is 5.31. The molecule has 0 aromatic heterocycles. The summed E-state index contributed by atoms with van der Waals surface area (Å²) in [4.78, 5) is 48.0. The third-order valence-electron chi connectivity index (χ3n) is 5.11. The number of anilines is 1. The van der Waals surface area contributed by atoms with Crippen molar-refractivity contribution in [3.63, 3.8) is 0 Å². The van der Waals surface area contributed by atoms with Crippen LogP contribution >= 0.6 is 0 Å². The number of ether oxygens (including phenoxy) is 2. The molecule has 1 heterocycles. The number of carbonyl (C=O) groups is 3. The maximum absolute atomic E-state index is 13.1. The van der Waals surface area contributed by atoms with Gasteiger partial charge in [0.15, 0.2) is 0 Å². The van der Waals surface area contributed by atoms with Gasteiger partial charge in [-0.05, 0) is 42.8 Å². The molecule has 11 heteroatoms. The van der Waals surface area contributed by atoms with Gasteiger partial charge in [-0.3, -0.25) is 24.5 Å². The smallest absolute Gasteiger partial charge is 0.293 e. The minimum atomic E-state index is -0.681. The Morgan fingerprint density at radius 2 is 1.79 bits per heavy atom. The van der Waals surface area contributed by atoms with Crippen molar-refractivity contribution in [2.75, 3.05) is 32.6 Å². The van der Waals surface area contributed by atoms with E-state index in [0.717, 1.165) is 6.07 Å². The molecule has 0 radical (unpaired) electrons. The van der Waals surface area contributed by atoms with Gasteiger partial charge in [0.05, 0.1) is 19.1 Å². The van der Waals surface area contributed by atoms with Crippen LogP contribution in [0.5, 0.6) is 11.5 Å². The van der Waals surface area contributed by atoms with E-state index in [0.29, 0.717) is 30.0 Å². The quantitative estimate of drug-likeness (QED) is 0.375. The molecule has 2 aromatic carbocycles. The number of rotatable bonds is 7. The molecular weight excluding hydrogens is 444 g/mol. The van der Waals surface area contributed by atoms with E-state index in [-0.39, 0.29) is 17.8 Å². The second-order valence-corrected chi connectivity index (χ2v) is 7.35. The lowest BCUT2D eigenvalue weighted by atomic mass is 10.1. The molecule has 0 unspecified atom stereocenters. The molecule has 11 nitrogen and oxygen atoms in total. The summed E-state index contributed by atoms with van der Waals surface area (Å²) in [6, 6.07) is 8.92. The van der Waals surface area contributed by atoms with Crippen molar-refractivity contribution >= 4 is 35.2 Å². The van der Waals surface area contributed by atoms with E-state index in [2.05, 4.69) is 5.32 Å². The largest absolute Gasteiger partial charge is 0.497 e. The molecular formula is C23H24N4O7. The fourth-order valence-corrected chi connectivity index (χ4v) is 3.53. The summed E-state index contributed by atoms with van der Waals surface area (Å²) in [5, 5.41) is 16.3. The van der Waals surface area contributed by atoms with Gasteiger partial charge < -0.3 is 14.8 Å². The summed E-state index contributed by atoms with van der Waals surface area (Å²) >= 11 is 0. The number of amides is 3. The summed E-state index contributed by atoms with van der Waals surface area (Å²) in [5.74, 6) is -0.324. The number of nitrogens with one attached hydrogen (secondary N) is 1. The van der Waals surface area contributed by atoms with Crippen LogP contribution in [0.25, 0.3) is 6.08 Å². The van der Waals surface area contributed by atoms with Crippen molar-refractivity contribution in [2.45, 2.75) is 13.3 Å². The zero-order valence-electron chi connectivity index (χ0n) is 18.9. The lowest BCUT2D eigenvalue weighted by Crippen LogP contribution is -2.44. The van der Waals surface area contributed by atoms with Crippen molar-refractivity contribution in [3.05, 3.63) is 63.7 Å². The first-order chi connectivity index (χ1) is 16.2. The molecule has 1 saturated heterocycles. The van der Waals surface area contributed by atoms with Gasteiger partial charge in [0.25, 0.3) is 17.5 Å². The predicted molar refractivity (Wildman–Crippen MR) is 123 cm³/mol. The maximum Gasteiger partial charge on any atom is 0.293 e. The molecule has 0 bridgehead atoms. The Morgan fingerprint density at radius 3 is 2.44 bits per heavy atom. The van der Waals surface area contributed by atoms with Crippen LogP contribution in [-0.4, -0.2) is 60.0 Å². The fraction of sp³-hybridized carbons (Fsp3) is 0.261. The molecule has 2 aromatic rings. The molecule has 3 rings (SSSR count). The molecule has 1 fully saturated rings. The first-order valence-corrected chi connectivity index (χ1v) is 10.3. The minimum absolute atomic E-state index is 0.0152. The van der Waals surface area contributed by atoms with E-state index in [1.807, 2.05) is 0 Å². The van der Waals surface area contributed by atoms with Crippen molar-refractivity contribution in [3.8, 4) is 11.5 Å². The monoisotopic (exact) mass is 468 g/mol. The highest BCUT2D eigenvalue weighted by Crippen LogP contribution is 2.28. The average molecular weight is 468 g/mol. The van der Waals surface area contributed by atoms with Crippen LogP contribution in [0.15, 0.2) is 42.5 Å². The second kappa shape index (κ2) is 10.5. The molecule has 1 N–H and O–H groups in total. The second-order valence-electron chi connectivity index (χ2n) is 7.35. The van der Waals surface area contributed by atoms with E-state index >= 15 is 0 Å². The van der Waals surface area contributed by atoms with Crippen LogP contribution in [0.3, 0.4) is 0 Å². The number of nitro benzene ring substituents is 1. The van der Waals surface area contributed by atoms with E-state index in [4.69, 9.17) is 9.47 Å². The number of nitro groups is 1. The number of methoxy groups -OCH3 is 2. The number of hydrazine groups is 1. The first kappa shape index (κ1) is 24.2. The Morgan fingerprint density at radius 1 is 1.06 bits per heavy atom. The van der Waals surface area contributed by atoms with Gasteiger partial charge in [-0.25, -0.2) is 10.0 Å². The molecule has 34 heavy (non-hydrogen) atoms. The van der Waals surface area contributed by atoms with Crippen LogP contribution in [0.4, 0.5) is 11.4 Å². The molecule has 0 saturated carbocycles. The summed E-state index contributed by atoms with van der Waals surface area (Å²) < 4.78 is 10.5. The van der Waals surface area contributed by atoms with Gasteiger partial charge in [0.2, 0.25) is 5.91 Å². The summed E-state index contributed by atoms with van der Waals surface area (Å²) in [6.07, 6.45) is 3.45. The van der Waals surface area contributed by atoms with Crippen molar-refractivity contribution in [1.29, 1.82) is 0 Å². The Balaban J connectivity index is 1.82. The minimum Gasteiger partial charge on any atom is -0.497 e. The van der Waals surface area contributed by atoms with E-state index < -0.39 is 28.3 Å². The molecule has 0 spiro atoms. The van der Waals surface area contributed by atoms with Gasteiger partial charge in [0, 0.05) is 43.3 Å². The molecule has 3 amide bonds. The standard InChI is InChI=1S/C23H24N4O7/c1-15(28)24-19-8-5-17(14-20(19)27(31)32)23(30)26-12-4-11-25(26)22(29)10-6-16-13-18(33-2)7-9-21(16)34-3/h5-10,13-14H,4,11-12H2,1-3H3,(H,24,28). The van der Waals surface area contributed by atoms with Crippen molar-refractivity contribution in [1.82, 2.24) is 10.0 Å². The number of benzene rings is 2. The van der Waals surface area contributed by atoms with Crippen LogP contribution in [0, 0.1) is 10.1 Å². The van der Waals surface area contributed by atoms with E-state index in [1.165, 1.54) is 49.4 Å². The van der Waals surface area contributed by atoms with Crippen LogP contribution < -0.4 is 14.8 Å². The maximum atomic E-state index is 13.1. The van der Waals surface area contributed by atoms with Crippen LogP contribution in [0.1, 0.15) is 29.3 Å². The van der Waals surface area contributed by atoms with E-state index in [9.17, 15) is 24.5 Å². The van der Waals surface area contributed by atoms with Crippen molar-refractivity contribution in [2.24, 2.45) is 0 Å². The number of nitrogens with zero attached hydrogens (tertiary/aromatic N) is 3. The van der Waals surface area contributed by atoms with E-state index in [1.54, 1.807) is 24.3 Å². The predicted octanol–water partition coefficient (Wildman–Crippen LogP) is 2.87. The summed E-state index contributed by atoms with van der Waals surface area (Å²) in [6.45, 7) is 1.82. The van der Waals surface area contributed by atoms with Crippen LogP contribution in [0.2, 0.25) is 0 Å². The van der Waals surface area contributed by atoms with Gasteiger partial charge in [-0.2, -0.15) is 0 Å². The van der Waals surface area contributed by atoms with Gasteiger partial charge in [0.1, 0.15) is 17.2 Å². The first-order valence-electron chi connectivity index (χ1n) is 10.3. The summed E-state index contributed by atoms with van der Waals surface area (Å²) in [7, 11) is 3.04. The SMILES string of the molecule is COc1ccc(OC)c(C=CC(=O)N2CCCN2C(=O)c2ccc(NC(C)=O)c([N+](=O)[O-])c2)c1. The number of hydrogen-bond acceptors (Lipinski definition) is 7. The van der Waals surface area contributed by atoms with Gasteiger partial charge in [-0.15, -0.1) is 0 Å². The Labute approximate surface area is 195 Å². The number of hydrogen-bond donors (Lipinski definition) is 1. The zero-order valence-corrected chi connectivity index (χ0v) is 18.9. The average Bonchev–Trinajstić information content (AvgIpc) is 3.31. The lowest BCUT2D eigenvalue weighted by Gasteiger charge is -2.27. The zero-order chi connectivity index (χ0) is 24.8. The van der Waals surface area contributed by atoms with Crippen molar-refractivity contribution < 1.29 is 28.8 Å². The molecule has 0 aliphatic carbocycles. The third-order valence-corrected chi connectivity index (χ3v) is 5.11. The highest BCUT2D eigenvalue weighted by atomic mass is 16.6. The van der Waals surface area contributed by atoms with Gasteiger partial charge >= 0.3 is 0 Å². The summed E-state index contributed by atoms with van der Waals surface area (Å²) in [5.41, 5.74) is 0.220. The molecule has 178 valence electrons. The van der Waals surface area contributed by atoms with Crippen LogP contribution in [-0.2, 0) is 9.59 Å². The number of carbonyl (C=O) groups excluding carboxylic acids is 3. The molecule has 1 aliphatic rings. The molecule has 1 aliphatic heterocycles. The Hall–Kier alpha value is -4.41. The van der Waals surface area contributed by atoms with Gasteiger partial charge in [-0.1, -0.05) is 0 Å².